The second-order valence-electron chi connectivity index (χ2n) is 4.72. The fourth-order valence-electron chi connectivity index (χ4n) is 1.99. The molecule has 70 valence electrons. The van der Waals surface area contributed by atoms with Crippen molar-refractivity contribution in [3.63, 3.8) is 0 Å². The van der Waals surface area contributed by atoms with Crippen molar-refractivity contribution < 1.29 is 0 Å². The van der Waals surface area contributed by atoms with Gasteiger partial charge >= 0.3 is 0 Å². The fourth-order valence-corrected chi connectivity index (χ4v) is 1.99. The van der Waals surface area contributed by atoms with Crippen LogP contribution in [0.4, 0.5) is 0 Å². The minimum Gasteiger partial charge on any atom is -0.325 e. The van der Waals surface area contributed by atoms with E-state index in [1.165, 1.54) is 18.4 Å². The van der Waals surface area contributed by atoms with Gasteiger partial charge in [0.15, 0.2) is 0 Å². The Balaban J connectivity index is 2.58. The van der Waals surface area contributed by atoms with Gasteiger partial charge in [0.1, 0.15) is 0 Å². The molecule has 1 aliphatic rings. The predicted molar refractivity (Wildman–Crippen MR) is 53.9 cm³/mol. The first kappa shape index (κ1) is 9.79. The molecule has 1 rings (SSSR count). The van der Waals surface area contributed by atoms with Crippen molar-refractivity contribution in [3.8, 4) is 0 Å². The van der Waals surface area contributed by atoms with E-state index in [4.69, 9.17) is 5.73 Å². The summed E-state index contributed by atoms with van der Waals surface area (Å²) in [7, 11) is 0. The molecule has 1 aliphatic carbocycles. The Labute approximate surface area is 76.0 Å². The summed E-state index contributed by atoms with van der Waals surface area (Å²) in [6.45, 7) is 10.6. The molecular weight excluding hydrogens is 146 g/mol. The normalized spacial score (nSPS) is 42.7. The van der Waals surface area contributed by atoms with Gasteiger partial charge in [0.05, 0.1) is 0 Å². The van der Waals surface area contributed by atoms with Gasteiger partial charge < -0.3 is 5.73 Å². The maximum Gasteiger partial charge on any atom is 0.0152 e. The van der Waals surface area contributed by atoms with Crippen LogP contribution in [0.5, 0.6) is 0 Å². The lowest BCUT2D eigenvalue weighted by molar-refractivity contribution is 0.189. The van der Waals surface area contributed by atoms with E-state index in [1.807, 2.05) is 0 Å². The van der Waals surface area contributed by atoms with Gasteiger partial charge in [-0.15, -0.1) is 0 Å². The molecule has 0 aromatic heterocycles. The second-order valence-corrected chi connectivity index (χ2v) is 4.72. The van der Waals surface area contributed by atoms with Gasteiger partial charge in [-0.2, -0.15) is 0 Å². The van der Waals surface area contributed by atoms with Crippen LogP contribution in [0.3, 0.4) is 0 Å². The average Bonchev–Trinajstić information content (AvgIpc) is 1.94. The molecule has 1 saturated carbocycles. The maximum absolute atomic E-state index is 6.15. The van der Waals surface area contributed by atoms with E-state index in [-0.39, 0.29) is 5.54 Å². The molecule has 0 bridgehead atoms. The number of rotatable bonds is 1. The third-order valence-electron chi connectivity index (χ3n) is 3.49. The summed E-state index contributed by atoms with van der Waals surface area (Å²) in [6.07, 6.45) is 3.60. The van der Waals surface area contributed by atoms with E-state index in [0.717, 1.165) is 12.3 Å². The molecule has 2 N–H and O–H groups in total. The Morgan fingerprint density at radius 3 is 2.58 bits per heavy atom. The van der Waals surface area contributed by atoms with Gasteiger partial charge in [-0.05, 0) is 44.9 Å². The molecule has 0 heterocycles. The van der Waals surface area contributed by atoms with Gasteiger partial charge in [0.2, 0.25) is 0 Å². The smallest absolute Gasteiger partial charge is 0.0152 e. The quantitative estimate of drug-likeness (QED) is 0.597. The molecule has 0 aromatic carbocycles. The zero-order valence-corrected chi connectivity index (χ0v) is 8.56. The highest BCUT2D eigenvalue weighted by atomic mass is 14.7. The molecular formula is C11H21N. The first-order valence-electron chi connectivity index (χ1n) is 4.88. The van der Waals surface area contributed by atoms with Crippen LogP contribution in [-0.4, -0.2) is 5.54 Å². The minimum absolute atomic E-state index is 0.0615. The van der Waals surface area contributed by atoms with Gasteiger partial charge in [0, 0.05) is 5.54 Å². The van der Waals surface area contributed by atoms with Crippen LogP contribution in [0.1, 0.15) is 40.0 Å². The lowest BCUT2D eigenvalue weighted by atomic mass is 9.69. The number of nitrogens with two attached hydrogens (primary N) is 1. The molecule has 3 unspecified atom stereocenters. The maximum atomic E-state index is 6.15. The van der Waals surface area contributed by atoms with Crippen molar-refractivity contribution in [1.29, 1.82) is 0 Å². The minimum atomic E-state index is 0.0615. The molecule has 0 amide bonds. The monoisotopic (exact) mass is 167 g/mol. The summed E-state index contributed by atoms with van der Waals surface area (Å²) in [5, 5.41) is 0. The van der Waals surface area contributed by atoms with E-state index in [0.29, 0.717) is 5.92 Å². The van der Waals surface area contributed by atoms with Gasteiger partial charge in [-0.3, -0.25) is 0 Å². The first-order valence-corrected chi connectivity index (χ1v) is 4.88. The molecule has 1 nitrogen and oxygen atoms in total. The van der Waals surface area contributed by atoms with Gasteiger partial charge in [0.25, 0.3) is 0 Å². The summed E-state index contributed by atoms with van der Waals surface area (Å²) in [6, 6.07) is 0. The number of hydrogen-bond acceptors (Lipinski definition) is 1. The third kappa shape index (κ3) is 1.89. The second kappa shape index (κ2) is 3.21. The highest BCUT2D eigenvalue weighted by Gasteiger charge is 2.33. The van der Waals surface area contributed by atoms with Crippen molar-refractivity contribution in [2.24, 2.45) is 17.6 Å². The standard InChI is InChI=1S/C11H21N/c1-8(2)10-5-6-11(4,12)9(3)7-10/h9-10H,1,5-7,12H2,2-4H3. The lowest BCUT2D eigenvalue weighted by Crippen LogP contribution is -2.46. The van der Waals surface area contributed by atoms with Crippen molar-refractivity contribution in [2.45, 2.75) is 45.6 Å². The Bertz CT molecular complexity index is 181. The van der Waals surface area contributed by atoms with Crippen molar-refractivity contribution in [3.05, 3.63) is 12.2 Å². The number of allylic oxidation sites excluding steroid dienone is 1. The predicted octanol–water partition coefficient (Wildman–Crippen LogP) is 2.72. The van der Waals surface area contributed by atoms with E-state index in [1.54, 1.807) is 0 Å². The summed E-state index contributed by atoms with van der Waals surface area (Å²) < 4.78 is 0. The highest BCUT2D eigenvalue weighted by molar-refractivity contribution is 5.03. The molecule has 0 radical (unpaired) electrons. The Hall–Kier alpha value is -0.300. The lowest BCUT2D eigenvalue weighted by Gasteiger charge is -2.40. The zero-order chi connectivity index (χ0) is 9.35. The van der Waals surface area contributed by atoms with Crippen molar-refractivity contribution in [1.82, 2.24) is 0 Å². The number of hydrogen-bond donors (Lipinski definition) is 1. The molecule has 12 heavy (non-hydrogen) atoms. The Morgan fingerprint density at radius 1 is 1.58 bits per heavy atom. The van der Waals surface area contributed by atoms with Crippen molar-refractivity contribution >= 4 is 0 Å². The first-order chi connectivity index (χ1) is 5.43. The van der Waals surface area contributed by atoms with Crippen LogP contribution in [0.15, 0.2) is 12.2 Å². The van der Waals surface area contributed by atoms with Crippen LogP contribution in [-0.2, 0) is 0 Å². The topological polar surface area (TPSA) is 26.0 Å². The van der Waals surface area contributed by atoms with Crippen LogP contribution in [0.2, 0.25) is 0 Å². The van der Waals surface area contributed by atoms with Crippen molar-refractivity contribution in [2.75, 3.05) is 0 Å². The molecule has 1 fully saturated rings. The molecule has 0 spiro atoms. The van der Waals surface area contributed by atoms with E-state index < -0.39 is 0 Å². The van der Waals surface area contributed by atoms with E-state index in [2.05, 4.69) is 27.4 Å². The van der Waals surface area contributed by atoms with Crippen LogP contribution >= 0.6 is 0 Å². The van der Waals surface area contributed by atoms with E-state index in [9.17, 15) is 0 Å². The summed E-state index contributed by atoms with van der Waals surface area (Å²) in [4.78, 5) is 0. The molecule has 1 heteroatoms. The average molecular weight is 167 g/mol. The fraction of sp³-hybridized carbons (Fsp3) is 0.818. The molecule has 0 aliphatic heterocycles. The summed E-state index contributed by atoms with van der Waals surface area (Å²) in [5.74, 6) is 1.35. The third-order valence-corrected chi connectivity index (χ3v) is 3.49. The largest absolute Gasteiger partial charge is 0.325 e. The SMILES string of the molecule is C=C(C)C1CCC(C)(N)C(C)C1. The Kier molecular flexibility index (Phi) is 2.62. The molecule has 0 aromatic rings. The van der Waals surface area contributed by atoms with Gasteiger partial charge in [-0.25, -0.2) is 0 Å². The van der Waals surface area contributed by atoms with E-state index >= 15 is 0 Å². The zero-order valence-electron chi connectivity index (χ0n) is 8.56. The van der Waals surface area contributed by atoms with Crippen LogP contribution in [0.25, 0.3) is 0 Å². The summed E-state index contributed by atoms with van der Waals surface area (Å²) >= 11 is 0. The van der Waals surface area contributed by atoms with Crippen LogP contribution < -0.4 is 5.73 Å². The summed E-state index contributed by atoms with van der Waals surface area (Å²) in [5.41, 5.74) is 7.55. The van der Waals surface area contributed by atoms with Crippen LogP contribution in [0, 0.1) is 11.8 Å². The van der Waals surface area contributed by atoms with Gasteiger partial charge in [-0.1, -0.05) is 19.1 Å². The molecule has 3 atom stereocenters. The molecule has 0 saturated heterocycles. The Morgan fingerprint density at radius 2 is 2.17 bits per heavy atom. The highest BCUT2D eigenvalue weighted by Crippen LogP contribution is 2.37.